The summed E-state index contributed by atoms with van der Waals surface area (Å²) in [7, 11) is 1.64. The van der Waals surface area contributed by atoms with E-state index in [1.54, 1.807) is 7.11 Å². The maximum atomic E-state index is 13.0. The number of likely N-dealkylation sites (tertiary alicyclic amines) is 1. The fourth-order valence-electron chi connectivity index (χ4n) is 4.44. The standard InChI is InChI=1S/C25H30N2O4/c1-30-22-8-9-23-19(16-22)15-20(17-31-23)25(29)27-13-11-18(12-14-27)7-10-24(28)26-21-5-3-2-4-6-21/h2-6,8-9,16,18,20H,7,10-15,17H2,1H3,(H,26,28)/t20-/m1/s1. The summed E-state index contributed by atoms with van der Waals surface area (Å²) < 4.78 is 11.1. The van der Waals surface area contributed by atoms with Crippen molar-refractivity contribution in [2.24, 2.45) is 11.8 Å². The number of fused-ring (bicyclic) bond motifs is 1. The topological polar surface area (TPSA) is 67.9 Å². The van der Waals surface area contributed by atoms with Crippen LogP contribution in [0.3, 0.4) is 0 Å². The molecule has 0 unspecified atom stereocenters. The highest BCUT2D eigenvalue weighted by molar-refractivity contribution is 5.90. The van der Waals surface area contributed by atoms with Gasteiger partial charge in [0, 0.05) is 25.2 Å². The van der Waals surface area contributed by atoms with E-state index >= 15 is 0 Å². The third kappa shape index (κ3) is 5.37. The molecule has 1 saturated heterocycles. The van der Waals surface area contributed by atoms with E-state index in [-0.39, 0.29) is 17.7 Å². The van der Waals surface area contributed by atoms with Gasteiger partial charge in [0.1, 0.15) is 18.1 Å². The molecule has 2 aliphatic heterocycles. The van der Waals surface area contributed by atoms with Crippen molar-refractivity contribution < 1.29 is 19.1 Å². The molecule has 1 atom stereocenters. The van der Waals surface area contributed by atoms with Crippen molar-refractivity contribution in [2.75, 3.05) is 32.1 Å². The predicted octanol–water partition coefficient (Wildman–Crippen LogP) is 3.90. The number of carbonyl (C=O) groups is 2. The molecule has 0 saturated carbocycles. The summed E-state index contributed by atoms with van der Waals surface area (Å²) in [4.78, 5) is 27.2. The van der Waals surface area contributed by atoms with E-state index in [9.17, 15) is 9.59 Å². The third-order valence-corrected chi connectivity index (χ3v) is 6.29. The first-order valence-corrected chi connectivity index (χ1v) is 11.1. The van der Waals surface area contributed by atoms with Crippen LogP contribution >= 0.6 is 0 Å². The first-order valence-electron chi connectivity index (χ1n) is 11.1. The van der Waals surface area contributed by atoms with Gasteiger partial charge >= 0.3 is 0 Å². The van der Waals surface area contributed by atoms with Gasteiger partial charge in [0.15, 0.2) is 0 Å². The second kappa shape index (κ2) is 9.86. The average molecular weight is 423 g/mol. The second-order valence-electron chi connectivity index (χ2n) is 8.41. The first kappa shape index (κ1) is 21.2. The van der Waals surface area contributed by atoms with Crippen molar-refractivity contribution in [3.63, 3.8) is 0 Å². The van der Waals surface area contributed by atoms with Gasteiger partial charge in [0.05, 0.1) is 13.0 Å². The molecule has 31 heavy (non-hydrogen) atoms. The molecule has 2 aromatic rings. The number of anilines is 1. The lowest BCUT2D eigenvalue weighted by Crippen LogP contribution is -2.44. The van der Waals surface area contributed by atoms with E-state index < -0.39 is 0 Å². The van der Waals surface area contributed by atoms with Crippen molar-refractivity contribution in [1.82, 2.24) is 4.90 Å². The minimum absolute atomic E-state index is 0.0538. The van der Waals surface area contributed by atoms with E-state index in [1.165, 1.54) is 0 Å². The number of carbonyl (C=O) groups excluding carboxylic acids is 2. The molecular formula is C25H30N2O4. The summed E-state index contributed by atoms with van der Waals surface area (Å²) in [5.41, 5.74) is 1.87. The van der Waals surface area contributed by atoms with Crippen molar-refractivity contribution >= 4 is 17.5 Å². The number of benzene rings is 2. The maximum Gasteiger partial charge on any atom is 0.229 e. The number of piperidine rings is 1. The number of ether oxygens (including phenoxy) is 2. The highest BCUT2D eigenvalue weighted by Crippen LogP contribution is 2.32. The van der Waals surface area contributed by atoms with Crippen LogP contribution in [0, 0.1) is 11.8 Å². The van der Waals surface area contributed by atoms with Gasteiger partial charge in [0.25, 0.3) is 0 Å². The lowest BCUT2D eigenvalue weighted by Gasteiger charge is -2.35. The monoisotopic (exact) mass is 422 g/mol. The van der Waals surface area contributed by atoms with Crippen LogP contribution in [0.25, 0.3) is 0 Å². The van der Waals surface area contributed by atoms with Gasteiger partial charge in [-0.2, -0.15) is 0 Å². The number of amides is 2. The zero-order valence-corrected chi connectivity index (χ0v) is 18.0. The van der Waals surface area contributed by atoms with Crippen LogP contribution in [0.4, 0.5) is 5.69 Å². The number of hydrogen-bond acceptors (Lipinski definition) is 4. The highest BCUT2D eigenvalue weighted by Gasteiger charge is 2.32. The molecule has 6 heteroatoms. The molecule has 0 bridgehead atoms. The number of rotatable bonds is 6. The lowest BCUT2D eigenvalue weighted by atomic mass is 9.90. The van der Waals surface area contributed by atoms with Crippen molar-refractivity contribution in [3.05, 3.63) is 54.1 Å². The van der Waals surface area contributed by atoms with Gasteiger partial charge in [-0.1, -0.05) is 18.2 Å². The smallest absolute Gasteiger partial charge is 0.229 e. The lowest BCUT2D eigenvalue weighted by molar-refractivity contribution is -0.138. The molecule has 1 fully saturated rings. The largest absolute Gasteiger partial charge is 0.497 e. The molecule has 0 spiro atoms. The molecule has 1 N–H and O–H groups in total. The van der Waals surface area contributed by atoms with Gasteiger partial charge < -0.3 is 19.7 Å². The zero-order valence-electron chi connectivity index (χ0n) is 18.0. The SMILES string of the molecule is COc1ccc2c(c1)C[C@@H](C(=O)N1CCC(CCC(=O)Nc3ccccc3)CC1)CO2. The predicted molar refractivity (Wildman–Crippen MR) is 119 cm³/mol. The van der Waals surface area contributed by atoms with Gasteiger partial charge in [-0.25, -0.2) is 0 Å². The summed E-state index contributed by atoms with van der Waals surface area (Å²) in [6.45, 7) is 1.94. The quantitative estimate of drug-likeness (QED) is 0.767. The van der Waals surface area contributed by atoms with Crippen LogP contribution in [0.1, 0.15) is 31.2 Å². The van der Waals surface area contributed by atoms with Gasteiger partial charge in [-0.15, -0.1) is 0 Å². The molecule has 4 rings (SSSR count). The molecule has 2 heterocycles. The number of nitrogens with one attached hydrogen (secondary N) is 1. The average Bonchev–Trinajstić information content (AvgIpc) is 2.82. The maximum absolute atomic E-state index is 13.0. The highest BCUT2D eigenvalue weighted by atomic mass is 16.5. The van der Waals surface area contributed by atoms with Crippen LogP contribution in [0.5, 0.6) is 11.5 Å². The van der Waals surface area contributed by atoms with Crippen LogP contribution < -0.4 is 14.8 Å². The number of methoxy groups -OCH3 is 1. The molecular weight excluding hydrogens is 392 g/mol. The fraction of sp³-hybridized carbons (Fsp3) is 0.440. The molecule has 0 aromatic heterocycles. The van der Waals surface area contributed by atoms with Gasteiger partial charge in [0.2, 0.25) is 11.8 Å². The molecule has 2 aliphatic rings. The Labute approximate surface area is 183 Å². The molecule has 2 aromatic carbocycles. The number of hydrogen-bond donors (Lipinski definition) is 1. The third-order valence-electron chi connectivity index (χ3n) is 6.29. The summed E-state index contributed by atoms with van der Waals surface area (Å²) in [5.74, 6) is 2.20. The van der Waals surface area contributed by atoms with Crippen molar-refractivity contribution in [2.45, 2.75) is 32.1 Å². The van der Waals surface area contributed by atoms with Crippen LogP contribution in [-0.2, 0) is 16.0 Å². The van der Waals surface area contributed by atoms with E-state index in [2.05, 4.69) is 5.32 Å². The molecule has 2 amide bonds. The number of nitrogens with zero attached hydrogens (tertiary/aromatic N) is 1. The Kier molecular flexibility index (Phi) is 6.75. The summed E-state index contributed by atoms with van der Waals surface area (Å²) in [5, 5.41) is 2.94. The van der Waals surface area contributed by atoms with E-state index in [4.69, 9.17) is 9.47 Å². The van der Waals surface area contributed by atoms with E-state index in [1.807, 2.05) is 53.4 Å². The molecule has 164 valence electrons. The summed E-state index contributed by atoms with van der Waals surface area (Å²) >= 11 is 0. The van der Waals surface area contributed by atoms with Crippen LogP contribution in [-0.4, -0.2) is 43.5 Å². The zero-order chi connectivity index (χ0) is 21.6. The Morgan fingerprint density at radius 3 is 2.65 bits per heavy atom. The Bertz CT molecular complexity index is 907. The Morgan fingerprint density at radius 1 is 1.13 bits per heavy atom. The fourth-order valence-corrected chi connectivity index (χ4v) is 4.44. The molecule has 6 nitrogen and oxygen atoms in total. The van der Waals surface area contributed by atoms with Crippen molar-refractivity contribution in [1.29, 1.82) is 0 Å². The van der Waals surface area contributed by atoms with Crippen LogP contribution in [0.15, 0.2) is 48.5 Å². The minimum atomic E-state index is -0.146. The Morgan fingerprint density at radius 2 is 1.90 bits per heavy atom. The first-order chi connectivity index (χ1) is 15.1. The minimum Gasteiger partial charge on any atom is -0.497 e. The Hall–Kier alpha value is -3.02. The van der Waals surface area contributed by atoms with E-state index in [0.717, 1.165) is 55.1 Å². The van der Waals surface area contributed by atoms with Crippen molar-refractivity contribution in [3.8, 4) is 11.5 Å². The van der Waals surface area contributed by atoms with Crippen LogP contribution in [0.2, 0.25) is 0 Å². The number of para-hydroxylation sites is 1. The summed E-state index contributed by atoms with van der Waals surface area (Å²) in [6.07, 6.45) is 3.96. The normalized spacial score (nSPS) is 18.6. The Balaban J connectivity index is 1.22. The second-order valence-corrected chi connectivity index (χ2v) is 8.41. The molecule has 0 aliphatic carbocycles. The molecule has 0 radical (unpaired) electrons. The summed E-state index contributed by atoms with van der Waals surface area (Å²) in [6, 6.07) is 15.3. The van der Waals surface area contributed by atoms with Gasteiger partial charge in [-0.05, 0) is 67.5 Å². The van der Waals surface area contributed by atoms with Gasteiger partial charge in [-0.3, -0.25) is 9.59 Å². The van der Waals surface area contributed by atoms with E-state index in [0.29, 0.717) is 25.4 Å².